The Morgan fingerprint density at radius 3 is 1.93 bits per heavy atom. The van der Waals surface area contributed by atoms with Gasteiger partial charge >= 0.3 is 17.9 Å². The summed E-state index contributed by atoms with van der Waals surface area (Å²) in [7, 11) is 4.02. The van der Waals surface area contributed by atoms with Gasteiger partial charge in [0.15, 0.2) is 5.60 Å². The Kier molecular flexibility index (Phi) is 12.4. The Labute approximate surface area is 235 Å². The largest absolute Gasteiger partial charge is 0.481 e. The van der Waals surface area contributed by atoms with Crippen molar-refractivity contribution in [3.8, 4) is 0 Å². The lowest BCUT2D eigenvalue weighted by Gasteiger charge is -2.23. The summed E-state index contributed by atoms with van der Waals surface area (Å²) in [6, 6.07) is 12.1. The number of carboxylic acids is 3. The fraction of sp³-hybridized carbons (Fsp3) is 0.357. The number of hydrogen-bond acceptors (Lipinski definition) is 7. The molecule has 0 fully saturated rings. The van der Waals surface area contributed by atoms with Crippen LogP contribution in [0.1, 0.15) is 30.4 Å². The number of carboxylic acid groups (broad SMARTS) is 3. The Balaban J connectivity index is 0.000000383. The Hall–Kier alpha value is -4.36. The second-order valence-electron chi connectivity index (χ2n) is 9.68. The van der Waals surface area contributed by atoms with Crippen molar-refractivity contribution in [3.63, 3.8) is 0 Å². The van der Waals surface area contributed by atoms with Crippen molar-refractivity contribution < 1.29 is 43.6 Å². The molecular formula is C28H34F2N4O7. The molecule has 0 bridgehead atoms. The van der Waals surface area contributed by atoms with Gasteiger partial charge in [-0.2, -0.15) is 0 Å². The van der Waals surface area contributed by atoms with E-state index in [1.54, 1.807) is 12.5 Å². The maximum absolute atomic E-state index is 13.6. The number of nitrogens with zero attached hydrogens (tertiary/aromatic N) is 4. The van der Waals surface area contributed by atoms with Gasteiger partial charge in [0.2, 0.25) is 0 Å². The van der Waals surface area contributed by atoms with Crippen molar-refractivity contribution in [2.24, 2.45) is 0 Å². The lowest BCUT2D eigenvalue weighted by molar-refractivity contribution is -0.170. The van der Waals surface area contributed by atoms with E-state index in [0.717, 1.165) is 37.8 Å². The fourth-order valence-corrected chi connectivity index (χ4v) is 3.94. The molecule has 11 nitrogen and oxygen atoms in total. The van der Waals surface area contributed by atoms with E-state index in [-0.39, 0.29) is 0 Å². The van der Waals surface area contributed by atoms with Crippen LogP contribution in [-0.4, -0.2) is 79.0 Å². The van der Waals surface area contributed by atoms with E-state index < -0.39 is 48.0 Å². The summed E-state index contributed by atoms with van der Waals surface area (Å²) in [5, 5.41) is 33.8. The third-order valence-corrected chi connectivity index (χ3v) is 5.92. The average Bonchev–Trinajstić information content (AvgIpc) is 3.36. The zero-order valence-corrected chi connectivity index (χ0v) is 22.8. The van der Waals surface area contributed by atoms with Crippen molar-refractivity contribution in [1.29, 1.82) is 0 Å². The van der Waals surface area contributed by atoms with Gasteiger partial charge in [-0.05, 0) is 41.8 Å². The van der Waals surface area contributed by atoms with Crippen molar-refractivity contribution in [2.75, 3.05) is 25.5 Å². The van der Waals surface area contributed by atoms with Crippen molar-refractivity contribution >= 4 is 23.6 Å². The maximum atomic E-state index is 13.6. The average molecular weight is 577 g/mol. The van der Waals surface area contributed by atoms with Gasteiger partial charge in [0.1, 0.15) is 11.6 Å². The minimum absolute atomic E-state index is 0.494. The highest BCUT2D eigenvalue weighted by Gasteiger charge is 2.40. The van der Waals surface area contributed by atoms with Crippen LogP contribution >= 0.6 is 0 Å². The van der Waals surface area contributed by atoms with Gasteiger partial charge in [0.05, 0.1) is 19.2 Å². The monoisotopic (exact) mass is 576 g/mol. The number of benzene rings is 2. The van der Waals surface area contributed by atoms with Gasteiger partial charge in [-0.25, -0.2) is 18.6 Å². The standard InChI is InChI=1S/C22H26F2N4.C6H8O7/c1-26(2)22-6-4-18(5-7-22)15-28(10-3-9-27-11-8-25-17-27)16-19-12-20(23)14-21(24)13-19;7-3(8)1-6(13,5(11)12)2-4(9)10/h4-8,11-14,17H,3,9-10,15-16H2,1-2H3;13H,1-2H2,(H,7,8)(H,9,10)(H,11,12). The van der Waals surface area contributed by atoms with Crippen LogP contribution in [0.5, 0.6) is 0 Å². The quantitative estimate of drug-likeness (QED) is 0.225. The molecule has 222 valence electrons. The molecule has 4 N–H and O–H groups in total. The summed E-state index contributed by atoms with van der Waals surface area (Å²) >= 11 is 0. The zero-order chi connectivity index (χ0) is 30.6. The Morgan fingerprint density at radius 1 is 0.902 bits per heavy atom. The number of anilines is 1. The molecule has 3 rings (SSSR count). The zero-order valence-electron chi connectivity index (χ0n) is 22.8. The Morgan fingerprint density at radius 2 is 1.46 bits per heavy atom. The van der Waals surface area contributed by atoms with Crippen molar-refractivity contribution in [3.05, 3.63) is 83.9 Å². The van der Waals surface area contributed by atoms with Gasteiger partial charge in [-0.15, -0.1) is 0 Å². The lowest BCUT2D eigenvalue weighted by atomic mass is 9.96. The summed E-state index contributed by atoms with van der Waals surface area (Å²) in [6.45, 7) is 2.88. The highest BCUT2D eigenvalue weighted by atomic mass is 19.1. The molecule has 0 atom stereocenters. The molecule has 1 heterocycles. The first-order chi connectivity index (χ1) is 19.3. The summed E-state index contributed by atoms with van der Waals surface area (Å²) in [6.07, 6.45) is 4.13. The molecule has 0 aliphatic heterocycles. The summed E-state index contributed by atoms with van der Waals surface area (Å²) in [5.74, 6) is -6.10. The van der Waals surface area contributed by atoms with E-state index in [1.165, 1.54) is 17.7 Å². The normalized spacial score (nSPS) is 11.1. The lowest BCUT2D eigenvalue weighted by Crippen LogP contribution is -2.42. The van der Waals surface area contributed by atoms with E-state index in [2.05, 4.69) is 39.0 Å². The number of aliphatic carboxylic acids is 3. The summed E-state index contributed by atoms with van der Waals surface area (Å²) < 4.78 is 29.2. The molecular weight excluding hydrogens is 542 g/mol. The number of hydrogen-bond donors (Lipinski definition) is 4. The molecule has 2 aromatic carbocycles. The minimum Gasteiger partial charge on any atom is -0.481 e. The van der Waals surface area contributed by atoms with E-state index in [1.807, 2.05) is 24.9 Å². The molecule has 0 saturated heterocycles. The van der Waals surface area contributed by atoms with Crippen LogP contribution in [0.3, 0.4) is 0 Å². The first kappa shape index (κ1) is 32.8. The molecule has 0 aliphatic carbocycles. The van der Waals surface area contributed by atoms with Gasteiger partial charge in [-0.1, -0.05) is 12.1 Å². The second-order valence-corrected chi connectivity index (χ2v) is 9.68. The van der Waals surface area contributed by atoms with E-state index in [0.29, 0.717) is 12.1 Å². The molecule has 0 spiro atoms. The van der Waals surface area contributed by atoms with Crippen LogP contribution in [0.25, 0.3) is 0 Å². The van der Waals surface area contributed by atoms with Gasteiger partial charge in [-0.3, -0.25) is 14.5 Å². The van der Waals surface area contributed by atoms with Crippen LogP contribution in [0.15, 0.2) is 61.2 Å². The highest BCUT2D eigenvalue weighted by Crippen LogP contribution is 2.17. The number of carbonyl (C=O) groups is 3. The predicted octanol–water partition coefficient (Wildman–Crippen LogP) is 3.07. The molecule has 3 aromatic rings. The summed E-state index contributed by atoms with van der Waals surface area (Å²) in [5.41, 5.74) is 0.218. The number of halogens is 2. The number of aromatic nitrogens is 2. The predicted molar refractivity (Wildman–Crippen MR) is 145 cm³/mol. The second kappa shape index (κ2) is 15.4. The molecule has 1 aromatic heterocycles. The topological polar surface area (TPSA) is 156 Å². The SMILES string of the molecule is CN(C)c1ccc(CN(CCCn2ccnc2)Cc2cc(F)cc(F)c2)cc1.O=C(O)CC(O)(CC(=O)O)C(=O)O. The Bertz CT molecular complexity index is 1250. The van der Waals surface area contributed by atoms with Crippen LogP contribution in [0, 0.1) is 11.6 Å². The van der Waals surface area contributed by atoms with Crippen molar-refractivity contribution in [1.82, 2.24) is 14.5 Å². The molecule has 0 saturated carbocycles. The first-order valence-corrected chi connectivity index (χ1v) is 12.6. The van der Waals surface area contributed by atoms with Crippen molar-refractivity contribution in [2.45, 2.75) is 44.5 Å². The smallest absolute Gasteiger partial charge is 0.336 e. The van der Waals surface area contributed by atoms with E-state index in [9.17, 15) is 23.2 Å². The van der Waals surface area contributed by atoms with E-state index >= 15 is 0 Å². The number of imidazole rings is 1. The van der Waals surface area contributed by atoms with E-state index in [4.69, 9.17) is 20.4 Å². The molecule has 0 radical (unpaired) electrons. The molecule has 41 heavy (non-hydrogen) atoms. The third-order valence-electron chi connectivity index (χ3n) is 5.92. The third kappa shape index (κ3) is 11.7. The van der Waals surface area contributed by atoms with Crippen LogP contribution in [-0.2, 0) is 34.0 Å². The van der Waals surface area contributed by atoms with Gasteiger partial charge in [0, 0.05) is 64.4 Å². The minimum atomic E-state index is -2.74. The van der Waals surface area contributed by atoms with Gasteiger partial charge in [0.25, 0.3) is 0 Å². The molecule has 0 aliphatic rings. The van der Waals surface area contributed by atoms with Crippen LogP contribution in [0.2, 0.25) is 0 Å². The first-order valence-electron chi connectivity index (χ1n) is 12.6. The molecule has 0 amide bonds. The summed E-state index contributed by atoms with van der Waals surface area (Å²) in [4.78, 5) is 38.8. The number of aliphatic hydroxyl groups is 1. The number of rotatable bonds is 14. The maximum Gasteiger partial charge on any atom is 0.336 e. The molecule has 0 unspecified atom stereocenters. The van der Waals surface area contributed by atoms with Crippen LogP contribution in [0.4, 0.5) is 14.5 Å². The number of aryl methyl sites for hydroxylation is 1. The van der Waals surface area contributed by atoms with Gasteiger partial charge < -0.3 is 29.9 Å². The molecule has 13 heteroatoms. The van der Waals surface area contributed by atoms with Crippen LogP contribution < -0.4 is 4.90 Å². The fourth-order valence-electron chi connectivity index (χ4n) is 3.94. The highest BCUT2D eigenvalue weighted by molar-refractivity contribution is 5.88.